The fraction of sp³-hybridized carbons (Fsp3) is 0.773. The van der Waals surface area contributed by atoms with E-state index in [4.69, 9.17) is 4.43 Å². The second-order valence-corrected chi connectivity index (χ2v) is 15.4. The highest BCUT2D eigenvalue weighted by Gasteiger charge is 2.67. The van der Waals surface area contributed by atoms with Crippen LogP contribution in [0.5, 0.6) is 0 Å². The summed E-state index contributed by atoms with van der Waals surface area (Å²) in [6.45, 7) is 13.8. The molecule has 0 heterocycles. The Morgan fingerprint density at radius 1 is 1.28 bits per heavy atom. The standard InChI is InChI=1S/C22H34O2Si/c1-14-10-16-12-18(24-25(5,6)21(2,3)4)20-17-9-7-8-15(17)13-22(16,20)19(23)11-14/h7-8,11,15-18,20H,9-10,12-13H2,1-6H3/t15-,16-,17-,18-,20-,22+/m0/s1. The molecule has 4 aliphatic carbocycles. The van der Waals surface area contributed by atoms with E-state index >= 15 is 0 Å². The molecule has 0 aromatic carbocycles. The first kappa shape index (κ1) is 17.7. The minimum atomic E-state index is -1.83. The maximum absolute atomic E-state index is 13.3. The van der Waals surface area contributed by atoms with Crippen molar-refractivity contribution in [2.24, 2.45) is 29.1 Å². The van der Waals surface area contributed by atoms with E-state index in [1.807, 2.05) is 6.08 Å². The first-order valence-corrected chi connectivity index (χ1v) is 13.0. The fourth-order valence-electron chi connectivity index (χ4n) is 6.17. The molecule has 0 radical (unpaired) electrons. The largest absolute Gasteiger partial charge is 0.414 e. The van der Waals surface area contributed by atoms with Crippen molar-refractivity contribution >= 4 is 14.1 Å². The van der Waals surface area contributed by atoms with Crippen molar-refractivity contribution < 1.29 is 9.22 Å². The number of hydrogen-bond donors (Lipinski definition) is 0. The van der Waals surface area contributed by atoms with Gasteiger partial charge in [-0.3, -0.25) is 4.79 Å². The van der Waals surface area contributed by atoms with Gasteiger partial charge in [0.1, 0.15) is 0 Å². The van der Waals surface area contributed by atoms with Gasteiger partial charge in [0.25, 0.3) is 0 Å². The summed E-state index contributed by atoms with van der Waals surface area (Å²) < 4.78 is 6.99. The summed E-state index contributed by atoms with van der Waals surface area (Å²) >= 11 is 0. The molecule has 1 spiro atoms. The normalized spacial score (nSPS) is 43.0. The van der Waals surface area contributed by atoms with Crippen LogP contribution in [0.3, 0.4) is 0 Å². The zero-order valence-electron chi connectivity index (χ0n) is 16.8. The number of carbonyl (C=O) groups is 1. The molecule has 0 bridgehead atoms. The Balaban J connectivity index is 1.71. The molecule has 4 rings (SSSR count). The highest BCUT2D eigenvalue weighted by Crippen LogP contribution is 2.68. The highest BCUT2D eigenvalue weighted by atomic mass is 28.4. The number of allylic oxidation sites excluding steroid dienone is 4. The predicted molar refractivity (Wildman–Crippen MR) is 105 cm³/mol. The first-order chi connectivity index (χ1) is 11.6. The smallest absolute Gasteiger partial charge is 0.192 e. The van der Waals surface area contributed by atoms with Gasteiger partial charge in [0, 0.05) is 17.4 Å². The summed E-state index contributed by atoms with van der Waals surface area (Å²) in [7, 11) is -1.83. The van der Waals surface area contributed by atoms with E-state index in [-0.39, 0.29) is 16.6 Å². The number of fused-ring (bicyclic) bond motifs is 2. The van der Waals surface area contributed by atoms with Crippen LogP contribution in [-0.4, -0.2) is 20.2 Å². The van der Waals surface area contributed by atoms with Crippen molar-refractivity contribution in [1.82, 2.24) is 0 Å². The molecule has 0 amide bonds. The zero-order valence-corrected chi connectivity index (χ0v) is 17.8. The lowest BCUT2D eigenvalue weighted by molar-refractivity contribution is -0.129. The molecule has 2 fully saturated rings. The Morgan fingerprint density at radius 2 is 2.00 bits per heavy atom. The van der Waals surface area contributed by atoms with Crippen molar-refractivity contribution in [1.29, 1.82) is 0 Å². The Bertz CT molecular complexity index is 653. The van der Waals surface area contributed by atoms with Crippen molar-refractivity contribution in [3.63, 3.8) is 0 Å². The highest BCUT2D eigenvalue weighted by molar-refractivity contribution is 6.74. The van der Waals surface area contributed by atoms with Crippen LogP contribution in [0.2, 0.25) is 18.1 Å². The number of carbonyl (C=O) groups excluding carboxylic acids is 1. The average Bonchev–Trinajstić information content (AvgIpc) is 3.07. The molecule has 138 valence electrons. The Morgan fingerprint density at radius 3 is 2.68 bits per heavy atom. The van der Waals surface area contributed by atoms with E-state index < -0.39 is 8.32 Å². The molecule has 2 nitrogen and oxygen atoms in total. The molecular weight excluding hydrogens is 324 g/mol. The van der Waals surface area contributed by atoms with E-state index in [1.54, 1.807) is 0 Å². The number of hydrogen-bond acceptors (Lipinski definition) is 2. The van der Waals surface area contributed by atoms with Crippen molar-refractivity contribution in [2.45, 2.75) is 77.6 Å². The summed E-state index contributed by atoms with van der Waals surface area (Å²) in [6, 6.07) is 0. The summed E-state index contributed by atoms with van der Waals surface area (Å²) in [5.41, 5.74) is 1.16. The molecular formula is C22H34O2Si. The second-order valence-electron chi connectivity index (χ2n) is 10.7. The van der Waals surface area contributed by atoms with E-state index in [0.717, 1.165) is 25.7 Å². The van der Waals surface area contributed by atoms with E-state index in [2.05, 4.69) is 52.9 Å². The topological polar surface area (TPSA) is 26.3 Å². The lowest BCUT2D eigenvalue weighted by Crippen LogP contribution is -2.47. The van der Waals surface area contributed by atoms with Crippen LogP contribution >= 0.6 is 0 Å². The van der Waals surface area contributed by atoms with Gasteiger partial charge >= 0.3 is 0 Å². The lowest BCUT2D eigenvalue weighted by Gasteiger charge is -2.42. The van der Waals surface area contributed by atoms with Gasteiger partial charge in [0.15, 0.2) is 14.1 Å². The monoisotopic (exact) mass is 358 g/mol. The van der Waals surface area contributed by atoms with Crippen LogP contribution in [0.25, 0.3) is 0 Å². The first-order valence-electron chi connectivity index (χ1n) is 10.1. The molecule has 0 aromatic heterocycles. The van der Waals surface area contributed by atoms with Gasteiger partial charge < -0.3 is 4.43 Å². The molecule has 2 saturated carbocycles. The van der Waals surface area contributed by atoms with Crippen LogP contribution in [0.1, 0.15) is 53.4 Å². The van der Waals surface area contributed by atoms with Crippen LogP contribution < -0.4 is 0 Å². The van der Waals surface area contributed by atoms with Gasteiger partial charge in [-0.15, -0.1) is 0 Å². The molecule has 4 aliphatic rings. The lowest BCUT2D eigenvalue weighted by atomic mass is 9.64. The van der Waals surface area contributed by atoms with Gasteiger partial charge in [-0.1, -0.05) is 38.5 Å². The van der Waals surface area contributed by atoms with Gasteiger partial charge in [0.2, 0.25) is 0 Å². The maximum Gasteiger partial charge on any atom is 0.192 e. The van der Waals surface area contributed by atoms with Crippen LogP contribution in [-0.2, 0) is 9.22 Å². The Hall–Kier alpha value is -0.673. The average molecular weight is 359 g/mol. The van der Waals surface area contributed by atoms with Crippen molar-refractivity contribution in [3.05, 3.63) is 23.8 Å². The Kier molecular flexibility index (Phi) is 3.84. The summed E-state index contributed by atoms with van der Waals surface area (Å²) in [4.78, 5) is 13.3. The summed E-state index contributed by atoms with van der Waals surface area (Å²) in [6.07, 6.45) is 11.4. The van der Waals surface area contributed by atoms with Gasteiger partial charge in [0.05, 0.1) is 0 Å². The summed E-state index contributed by atoms with van der Waals surface area (Å²) in [5.74, 6) is 2.60. The van der Waals surface area contributed by atoms with Crippen molar-refractivity contribution in [3.8, 4) is 0 Å². The zero-order chi connectivity index (χ0) is 18.2. The van der Waals surface area contributed by atoms with Gasteiger partial charge in [-0.25, -0.2) is 0 Å². The van der Waals surface area contributed by atoms with E-state index in [9.17, 15) is 4.79 Å². The van der Waals surface area contributed by atoms with Crippen LogP contribution in [0, 0.1) is 29.1 Å². The van der Waals surface area contributed by atoms with E-state index in [0.29, 0.717) is 29.5 Å². The molecule has 25 heavy (non-hydrogen) atoms. The molecule has 0 aliphatic heterocycles. The van der Waals surface area contributed by atoms with Crippen molar-refractivity contribution in [2.75, 3.05) is 0 Å². The molecule has 3 heteroatoms. The maximum atomic E-state index is 13.3. The number of rotatable bonds is 2. The molecule has 0 aromatic rings. The molecule has 0 N–H and O–H groups in total. The minimum absolute atomic E-state index is 0.118. The van der Waals surface area contributed by atoms with E-state index in [1.165, 1.54) is 5.57 Å². The quantitative estimate of drug-likeness (QED) is 0.480. The fourth-order valence-corrected chi connectivity index (χ4v) is 7.52. The molecule has 6 atom stereocenters. The minimum Gasteiger partial charge on any atom is -0.414 e. The van der Waals surface area contributed by atoms with Gasteiger partial charge in [-0.05, 0) is 74.6 Å². The third kappa shape index (κ3) is 2.41. The Labute approximate surface area is 154 Å². The molecule has 0 unspecified atom stereocenters. The van der Waals surface area contributed by atoms with Gasteiger partial charge in [-0.2, -0.15) is 0 Å². The predicted octanol–water partition coefficient (Wildman–Crippen LogP) is 5.51. The SMILES string of the molecule is CC1=CC(=O)[C@]23C[C@@H]4C=CC[C@@H]4[C@H]2[C@@H](O[Si](C)(C)C(C)(C)C)C[C@@H]3C1. The second kappa shape index (κ2) is 5.42. The summed E-state index contributed by atoms with van der Waals surface area (Å²) in [5, 5.41) is 0.220. The third-order valence-corrected chi connectivity index (χ3v) is 12.8. The van der Waals surface area contributed by atoms with Crippen LogP contribution in [0.15, 0.2) is 23.8 Å². The molecule has 0 saturated heterocycles. The van der Waals surface area contributed by atoms with Crippen LogP contribution in [0.4, 0.5) is 0 Å². The number of ketones is 1. The third-order valence-electron chi connectivity index (χ3n) is 8.27.